The van der Waals surface area contributed by atoms with Crippen LogP contribution in [-0.2, 0) is 9.53 Å². The third-order valence-electron chi connectivity index (χ3n) is 3.00. The highest BCUT2D eigenvalue weighted by molar-refractivity contribution is 5.69. The Labute approximate surface area is 117 Å². The van der Waals surface area contributed by atoms with E-state index in [9.17, 15) is 14.3 Å². The molecule has 0 aromatic heterocycles. The Bertz CT molecular complexity index is 410. The molecule has 3 N–H and O–H groups in total. The molecule has 1 rings (SSSR count). The fourth-order valence-corrected chi connectivity index (χ4v) is 1.89. The van der Waals surface area contributed by atoms with Gasteiger partial charge in [-0.15, -0.1) is 0 Å². The van der Waals surface area contributed by atoms with Crippen LogP contribution in [0.5, 0.6) is 0 Å². The van der Waals surface area contributed by atoms with Gasteiger partial charge in [0.1, 0.15) is 5.82 Å². The molecule has 1 aromatic rings. The lowest BCUT2D eigenvalue weighted by molar-refractivity contribution is -0.141. The van der Waals surface area contributed by atoms with Crippen molar-refractivity contribution in [2.24, 2.45) is 0 Å². The molecule has 6 heteroatoms. The van der Waals surface area contributed by atoms with Crippen molar-refractivity contribution in [3.63, 3.8) is 0 Å². The molecular weight excluding hydrogens is 265 g/mol. The summed E-state index contributed by atoms with van der Waals surface area (Å²) in [7, 11) is 1.30. The van der Waals surface area contributed by atoms with Crippen molar-refractivity contribution in [1.82, 2.24) is 5.32 Å². The average Bonchev–Trinajstić information content (AvgIpc) is 2.47. The van der Waals surface area contributed by atoms with Crippen LogP contribution < -0.4 is 5.32 Å². The lowest BCUT2D eigenvalue weighted by Gasteiger charge is -2.24. The molecule has 0 radical (unpaired) electrons. The van der Waals surface area contributed by atoms with Crippen LogP contribution >= 0.6 is 0 Å². The van der Waals surface area contributed by atoms with Crippen molar-refractivity contribution >= 4 is 5.97 Å². The smallest absolute Gasteiger partial charge is 0.305 e. The molecular formula is C14H20FNO4. The van der Waals surface area contributed by atoms with Crippen molar-refractivity contribution in [1.29, 1.82) is 0 Å². The third kappa shape index (κ3) is 5.24. The highest BCUT2D eigenvalue weighted by atomic mass is 19.1. The molecule has 5 nitrogen and oxygen atoms in total. The first-order valence-corrected chi connectivity index (χ1v) is 6.43. The summed E-state index contributed by atoms with van der Waals surface area (Å²) in [4.78, 5) is 11.2. The number of methoxy groups -OCH3 is 1. The minimum Gasteiger partial charge on any atom is -0.469 e. The third-order valence-corrected chi connectivity index (χ3v) is 3.00. The van der Waals surface area contributed by atoms with Crippen LogP contribution in [0.1, 0.15) is 24.5 Å². The molecule has 0 saturated carbocycles. The van der Waals surface area contributed by atoms with Gasteiger partial charge in [0.05, 0.1) is 19.8 Å². The first-order chi connectivity index (χ1) is 9.58. The summed E-state index contributed by atoms with van der Waals surface area (Å²) in [6.45, 7) is 0.217. The summed E-state index contributed by atoms with van der Waals surface area (Å²) in [5, 5.41) is 22.1. The van der Waals surface area contributed by atoms with Crippen molar-refractivity contribution in [2.45, 2.75) is 25.0 Å². The van der Waals surface area contributed by atoms with E-state index in [0.717, 1.165) is 0 Å². The van der Waals surface area contributed by atoms with Gasteiger partial charge in [-0.1, -0.05) is 12.1 Å². The zero-order valence-corrected chi connectivity index (χ0v) is 11.4. The van der Waals surface area contributed by atoms with Crippen LogP contribution in [-0.4, -0.2) is 42.5 Å². The second kappa shape index (κ2) is 8.63. The molecule has 0 aliphatic heterocycles. The molecule has 2 atom stereocenters. The number of esters is 1. The Morgan fingerprint density at radius 2 is 2.05 bits per heavy atom. The van der Waals surface area contributed by atoms with E-state index < -0.39 is 12.1 Å². The highest BCUT2D eigenvalue weighted by Gasteiger charge is 2.21. The maximum absolute atomic E-state index is 12.9. The first kappa shape index (κ1) is 16.6. The molecule has 0 fully saturated rings. The Kier molecular flexibility index (Phi) is 7.14. The van der Waals surface area contributed by atoms with Gasteiger partial charge in [-0.2, -0.15) is 0 Å². The number of ether oxygens (including phenoxy) is 1. The van der Waals surface area contributed by atoms with Gasteiger partial charge in [0.15, 0.2) is 0 Å². The number of benzene rings is 1. The monoisotopic (exact) mass is 285 g/mol. The van der Waals surface area contributed by atoms with E-state index in [-0.39, 0.29) is 24.8 Å². The Morgan fingerprint density at radius 3 is 2.60 bits per heavy atom. The summed E-state index contributed by atoms with van der Waals surface area (Å²) >= 11 is 0. The maximum Gasteiger partial charge on any atom is 0.305 e. The van der Waals surface area contributed by atoms with E-state index in [2.05, 4.69) is 10.1 Å². The molecule has 0 bridgehead atoms. The molecule has 0 heterocycles. The van der Waals surface area contributed by atoms with Crippen molar-refractivity contribution < 1.29 is 24.1 Å². The van der Waals surface area contributed by atoms with E-state index in [0.29, 0.717) is 18.5 Å². The van der Waals surface area contributed by atoms with Crippen molar-refractivity contribution in [2.75, 3.05) is 20.3 Å². The topological polar surface area (TPSA) is 78.8 Å². The van der Waals surface area contributed by atoms with Gasteiger partial charge in [0, 0.05) is 19.0 Å². The molecule has 1 aromatic carbocycles. The number of hydrogen-bond donors (Lipinski definition) is 3. The molecule has 0 aliphatic rings. The number of aliphatic hydroxyl groups excluding tert-OH is 2. The number of halogens is 1. The zero-order valence-electron chi connectivity index (χ0n) is 11.4. The molecule has 0 aliphatic carbocycles. The van der Waals surface area contributed by atoms with Crippen molar-refractivity contribution in [3.8, 4) is 0 Å². The van der Waals surface area contributed by atoms with E-state index in [1.54, 1.807) is 0 Å². The first-order valence-electron chi connectivity index (χ1n) is 6.43. The minimum atomic E-state index is -0.896. The predicted molar refractivity (Wildman–Crippen MR) is 71.5 cm³/mol. The number of aliphatic hydroxyl groups is 2. The van der Waals surface area contributed by atoms with Gasteiger partial charge < -0.3 is 20.3 Å². The van der Waals surface area contributed by atoms with Crippen LogP contribution in [0.15, 0.2) is 24.3 Å². The second-order valence-corrected chi connectivity index (χ2v) is 4.40. The normalized spacial score (nSPS) is 13.8. The largest absolute Gasteiger partial charge is 0.469 e. The molecule has 112 valence electrons. The Hall–Kier alpha value is -1.50. The van der Waals surface area contributed by atoms with Crippen LogP contribution in [0.25, 0.3) is 0 Å². The van der Waals surface area contributed by atoms with Crippen LogP contribution in [0.3, 0.4) is 0 Å². The van der Waals surface area contributed by atoms with Gasteiger partial charge in [0.2, 0.25) is 0 Å². The SMILES string of the molecule is COC(=O)CCC(NCCO)C(O)c1ccc(F)cc1. The number of nitrogens with one attached hydrogen (secondary N) is 1. The summed E-state index contributed by atoms with van der Waals surface area (Å²) in [6, 6.07) is 5.09. The van der Waals surface area contributed by atoms with Gasteiger partial charge in [-0.25, -0.2) is 4.39 Å². The fraction of sp³-hybridized carbons (Fsp3) is 0.500. The summed E-state index contributed by atoms with van der Waals surface area (Å²) < 4.78 is 17.4. The minimum absolute atomic E-state index is 0.0785. The summed E-state index contributed by atoms with van der Waals surface area (Å²) in [6.07, 6.45) is -0.393. The summed E-state index contributed by atoms with van der Waals surface area (Å²) in [5.41, 5.74) is 0.548. The zero-order chi connectivity index (χ0) is 15.0. The highest BCUT2D eigenvalue weighted by Crippen LogP contribution is 2.20. The quantitative estimate of drug-likeness (QED) is 0.615. The van der Waals surface area contributed by atoms with Gasteiger partial charge >= 0.3 is 5.97 Å². The molecule has 0 amide bonds. The summed E-state index contributed by atoms with van der Waals surface area (Å²) in [5.74, 6) is -0.748. The Morgan fingerprint density at radius 1 is 1.40 bits per heavy atom. The number of hydrogen-bond acceptors (Lipinski definition) is 5. The number of carbonyl (C=O) groups is 1. The standard InChI is InChI=1S/C14H20FNO4/c1-20-13(18)7-6-12(16-8-9-17)14(19)10-2-4-11(15)5-3-10/h2-5,12,14,16-17,19H,6-9H2,1H3. The van der Waals surface area contributed by atoms with E-state index in [1.165, 1.54) is 31.4 Å². The molecule has 0 saturated heterocycles. The van der Waals surface area contributed by atoms with E-state index in [4.69, 9.17) is 5.11 Å². The lowest BCUT2D eigenvalue weighted by Crippen LogP contribution is -2.37. The van der Waals surface area contributed by atoms with E-state index >= 15 is 0 Å². The van der Waals surface area contributed by atoms with Gasteiger partial charge in [-0.3, -0.25) is 4.79 Å². The molecule has 0 spiro atoms. The van der Waals surface area contributed by atoms with Crippen molar-refractivity contribution in [3.05, 3.63) is 35.6 Å². The Balaban J connectivity index is 2.69. The predicted octanol–water partition coefficient (Wildman–Crippen LogP) is 0.763. The van der Waals surface area contributed by atoms with Gasteiger partial charge in [-0.05, 0) is 24.1 Å². The second-order valence-electron chi connectivity index (χ2n) is 4.40. The number of rotatable bonds is 8. The average molecular weight is 285 g/mol. The van der Waals surface area contributed by atoms with Crippen LogP contribution in [0.4, 0.5) is 4.39 Å². The van der Waals surface area contributed by atoms with Crippen LogP contribution in [0.2, 0.25) is 0 Å². The molecule has 2 unspecified atom stereocenters. The number of carbonyl (C=O) groups excluding carboxylic acids is 1. The lowest BCUT2D eigenvalue weighted by atomic mass is 9.98. The molecule has 20 heavy (non-hydrogen) atoms. The fourth-order valence-electron chi connectivity index (χ4n) is 1.89. The van der Waals surface area contributed by atoms with Crippen LogP contribution in [0, 0.1) is 5.82 Å². The maximum atomic E-state index is 12.9. The van der Waals surface area contributed by atoms with Gasteiger partial charge in [0.25, 0.3) is 0 Å². The van der Waals surface area contributed by atoms with E-state index in [1.807, 2.05) is 0 Å².